The maximum absolute atomic E-state index is 13.2. The molecule has 4 rings (SSSR count). The summed E-state index contributed by atoms with van der Waals surface area (Å²) >= 11 is 1.56. The van der Waals surface area contributed by atoms with E-state index in [0.717, 1.165) is 30.6 Å². The summed E-state index contributed by atoms with van der Waals surface area (Å²) in [6, 6.07) is 5.52. The molecule has 0 aromatic carbocycles. The van der Waals surface area contributed by atoms with Crippen LogP contribution in [0, 0.1) is 0 Å². The second-order valence-corrected chi connectivity index (χ2v) is 9.67. The van der Waals surface area contributed by atoms with E-state index in [9.17, 15) is 14.4 Å². The number of likely N-dealkylation sites (N-methyl/N-ethyl adjacent to an activating group) is 1. The lowest BCUT2D eigenvalue weighted by molar-refractivity contribution is -0.133. The molecule has 31 heavy (non-hydrogen) atoms. The largest absolute Gasteiger partial charge is 0.351 e. The predicted molar refractivity (Wildman–Crippen MR) is 118 cm³/mol. The third kappa shape index (κ3) is 4.37. The van der Waals surface area contributed by atoms with Gasteiger partial charge in [0.25, 0.3) is 11.8 Å². The van der Waals surface area contributed by atoms with E-state index in [1.54, 1.807) is 25.3 Å². The fraction of sp³-hybridized carbons (Fsp3) is 0.545. The average molecular weight is 444 g/mol. The summed E-state index contributed by atoms with van der Waals surface area (Å²) in [5.74, 6) is -0.815. The highest BCUT2D eigenvalue weighted by Gasteiger charge is 2.46. The minimum atomic E-state index is -1.06. The van der Waals surface area contributed by atoms with Crippen molar-refractivity contribution in [2.75, 3.05) is 7.05 Å². The summed E-state index contributed by atoms with van der Waals surface area (Å²) in [5, 5.41) is 12.3. The minimum absolute atomic E-state index is 0.146. The van der Waals surface area contributed by atoms with Gasteiger partial charge in [-0.1, -0.05) is 31.7 Å². The van der Waals surface area contributed by atoms with Crippen molar-refractivity contribution in [3.8, 4) is 0 Å². The van der Waals surface area contributed by atoms with Gasteiger partial charge in [0.1, 0.15) is 11.2 Å². The number of thiophene rings is 1. The molecule has 0 radical (unpaired) electrons. The number of hydrogen-bond acceptors (Lipinski definition) is 5. The molecule has 2 aromatic heterocycles. The number of aromatic nitrogens is 2. The zero-order valence-corrected chi connectivity index (χ0v) is 18.8. The quantitative estimate of drug-likeness (QED) is 0.694. The normalized spacial score (nSPS) is 22.0. The van der Waals surface area contributed by atoms with Crippen LogP contribution in [0.3, 0.4) is 0 Å². The molecule has 1 atom stereocenters. The van der Waals surface area contributed by atoms with Gasteiger partial charge in [0.05, 0.1) is 13.1 Å². The molecule has 1 saturated carbocycles. The Balaban J connectivity index is 1.48. The highest BCUT2D eigenvalue weighted by Crippen LogP contribution is 2.27. The van der Waals surface area contributed by atoms with Crippen molar-refractivity contribution in [3.63, 3.8) is 0 Å². The summed E-state index contributed by atoms with van der Waals surface area (Å²) in [4.78, 5) is 41.3. The van der Waals surface area contributed by atoms with Crippen LogP contribution in [-0.4, -0.2) is 51.0 Å². The molecule has 2 aromatic rings. The van der Waals surface area contributed by atoms with Gasteiger partial charge < -0.3 is 15.5 Å². The highest BCUT2D eigenvalue weighted by atomic mass is 32.1. The van der Waals surface area contributed by atoms with Crippen LogP contribution in [0.1, 0.15) is 71.3 Å². The Morgan fingerprint density at radius 2 is 2.00 bits per heavy atom. The number of fused-ring (bicyclic) bond motifs is 1. The van der Waals surface area contributed by atoms with Crippen LogP contribution in [0.2, 0.25) is 0 Å². The zero-order valence-electron chi connectivity index (χ0n) is 18.0. The molecule has 3 heterocycles. The van der Waals surface area contributed by atoms with Crippen LogP contribution in [0.5, 0.6) is 0 Å². The van der Waals surface area contributed by atoms with Gasteiger partial charge in [-0.25, -0.2) is 0 Å². The number of hydrogen-bond donors (Lipinski definition) is 2. The number of rotatable bonds is 5. The fourth-order valence-corrected chi connectivity index (χ4v) is 4.92. The first kappa shape index (κ1) is 21.5. The van der Waals surface area contributed by atoms with Crippen molar-refractivity contribution < 1.29 is 14.4 Å². The third-order valence-electron chi connectivity index (χ3n) is 6.42. The molecule has 0 bridgehead atoms. The van der Waals surface area contributed by atoms with Crippen molar-refractivity contribution in [1.29, 1.82) is 0 Å². The van der Waals surface area contributed by atoms with E-state index in [0.29, 0.717) is 12.2 Å². The van der Waals surface area contributed by atoms with Crippen LogP contribution >= 0.6 is 11.3 Å². The molecule has 3 amide bonds. The van der Waals surface area contributed by atoms with Gasteiger partial charge in [0.15, 0.2) is 5.69 Å². The van der Waals surface area contributed by atoms with E-state index in [4.69, 9.17) is 0 Å². The summed E-state index contributed by atoms with van der Waals surface area (Å²) in [6.07, 6.45) is 6.58. The molecule has 0 spiro atoms. The average Bonchev–Trinajstić information content (AvgIpc) is 3.35. The molecule has 1 fully saturated rings. The van der Waals surface area contributed by atoms with E-state index < -0.39 is 5.54 Å². The van der Waals surface area contributed by atoms with Gasteiger partial charge in [-0.2, -0.15) is 5.10 Å². The highest BCUT2D eigenvalue weighted by molar-refractivity contribution is 7.09. The van der Waals surface area contributed by atoms with Crippen molar-refractivity contribution >= 4 is 29.1 Å². The zero-order chi connectivity index (χ0) is 22.0. The molecule has 166 valence electrons. The monoisotopic (exact) mass is 443 g/mol. The number of amides is 3. The lowest BCUT2D eigenvalue weighted by atomic mass is 9.95. The first-order chi connectivity index (χ1) is 14.9. The second kappa shape index (κ2) is 8.82. The van der Waals surface area contributed by atoms with Gasteiger partial charge >= 0.3 is 0 Å². The summed E-state index contributed by atoms with van der Waals surface area (Å²) in [7, 11) is 1.64. The Morgan fingerprint density at radius 1 is 1.26 bits per heavy atom. The SMILES string of the molecule is CN1C(=O)c2cc(C(=O)NCc3cccs3)nn2C[C@]1(C)C(=O)NC1CCCCCC1. The number of carbonyl (C=O) groups excluding carboxylic acids is 3. The molecular formula is C22H29N5O3S. The molecular weight excluding hydrogens is 414 g/mol. The minimum Gasteiger partial charge on any atom is -0.351 e. The maximum Gasteiger partial charge on any atom is 0.272 e. The predicted octanol–water partition coefficient (Wildman–Crippen LogP) is 2.56. The van der Waals surface area contributed by atoms with Gasteiger partial charge in [0.2, 0.25) is 5.91 Å². The van der Waals surface area contributed by atoms with Gasteiger partial charge in [0, 0.05) is 24.0 Å². The Kier molecular flexibility index (Phi) is 6.13. The van der Waals surface area contributed by atoms with Crippen LogP contribution in [0.25, 0.3) is 0 Å². The molecule has 9 heteroatoms. The lowest BCUT2D eigenvalue weighted by Gasteiger charge is -2.41. The smallest absolute Gasteiger partial charge is 0.272 e. The summed E-state index contributed by atoms with van der Waals surface area (Å²) < 4.78 is 1.50. The van der Waals surface area contributed by atoms with E-state index in [2.05, 4.69) is 15.7 Å². The second-order valence-electron chi connectivity index (χ2n) is 8.63. The fourth-order valence-electron chi connectivity index (χ4n) is 4.27. The van der Waals surface area contributed by atoms with Crippen molar-refractivity contribution in [2.45, 2.75) is 70.1 Å². The molecule has 0 saturated heterocycles. The van der Waals surface area contributed by atoms with Crippen molar-refractivity contribution in [1.82, 2.24) is 25.3 Å². The standard InChI is InChI=1S/C22H29N5O3S/c1-22(21(30)24-15-8-5-3-4-6-9-15)14-27-18(20(29)26(22)2)12-17(25-27)19(28)23-13-16-10-7-11-31-16/h7,10-12,15H,3-6,8-9,13-14H2,1-2H3,(H,23,28)(H,24,30)/t22-/m1/s1. The summed E-state index contributed by atoms with van der Waals surface area (Å²) in [6.45, 7) is 2.38. The van der Waals surface area contributed by atoms with Gasteiger partial charge in [-0.3, -0.25) is 19.1 Å². The first-order valence-corrected chi connectivity index (χ1v) is 11.7. The van der Waals surface area contributed by atoms with E-state index in [1.165, 1.54) is 28.5 Å². The van der Waals surface area contributed by atoms with Crippen LogP contribution in [-0.2, 0) is 17.9 Å². The topological polar surface area (TPSA) is 96.3 Å². The number of carbonyl (C=O) groups is 3. The summed E-state index contributed by atoms with van der Waals surface area (Å²) in [5.41, 5.74) is -0.558. The number of nitrogens with zero attached hydrogens (tertiary/aromatic N) is 3. The lowest BCUT2D eigenvalue weighted by Crippen LogP contribution is -2.63. The van der Waals surface area contributed by atoms with Crippen molar-refractivity contribution in [3.05, 3.63) is 39.8 Å². The van der Waals surface area contributed by atoms with Crippen LogP contribution in [0.15, 0.2) is 23.6 Å². The maximum atomic E-state index is 13.2. The molecule has 8 nitrogen and oxygen atoms in total. The van der Waals surface area contributed by atoms with E-state index in [1.807, 2.05) is 17.5 Å². The van der Waals surface area contributed by atoms with Crippen LogP contribution < -0.4 is 10.6 Å². The molecule has 2 aliphatic rings. The van der Waals surface area contributed by atoms with Crippen molar-refractivity contribution in [2.24, 2.45) is 0 Å². The van der Waals surface area contributed by atoms with Gasteiger partial charge in [-0.15, -0.1) is 11.3 Å². The van der Waals surface area contributed by atoms with Gasteiger partial charge in [-0.05, 0) is 31.2 Å². The van der Waals surface area contributed by atoms with E-state index in [-0.39, 0.29) is 36.0 Å². The Morgan fingerprint density at radius 3 is 2.68 bits per heavy atom. The first-order valence-electron chi connectivity index (χ1n) is 10.9. The van der Waals surface area contributed by atoms with E-state index >= 15 is 0 Å². The Hall–Kier alpha value is -2.68. The molecule has 0 unspecified atom stereocenters. The Labute approximate surface area is 186 Å². The Bertz CT molecular complexity index is 962. The molecule has 1 aliphatic carbocycles. The van der Waals surface area contributed by atoms with Crippen LogP contribution in [0.4, 0.5) is 0 Å². The molecule has 2 N–H and O–H groups in total. The molecule has 1 aliphatic heterocycles. The number of nitrogens with one attached hydrogen (secondary N) is 2. The third-order valence-corrected chi connectivity index (χ3v) is 7.29.